The van der Waals surface area contributed by atoms with E-state index in [1.54, 1.807) is 96.3 Å². The van der Waals surface area contributed by atoms with Gasteiger partial charge in [0.25, 0.3) is 11.5 Å². The maximum Gasteiger partial charge on any atom is 0.408 e. The standard InChI is InChI=1S/C37H38FN5O8/c1-22(49-32(44)20-40-36(47)51-37(3,4)5)21-42-23(2)33(35(46)43(42)25-10-8-7-9-11-25)34(45)41-24-12-15-31(28(38)18-24)50-30-16-17-39-29-19-26(48-6)13-14-27(29)30/h7-19,22H,20-21H2,1-6H3,(H,40,47)(H,41,45)/t22-/m0/s1. The molecule has 2 heterocycles. The van der Waals surface area contributed by atoms with Gasteiger partial charge in [-0.1, -0.05) is 18.2 Å². The van der Waals surface area contributed by atoms with Gasteiger partial charge in [0.2, 0.25) is 0 Å². The summed E-state index contributed by atoms with van der Waals surface area (Å²) in [5.74, 6) is -1.35. The van der Waals surface area contributed by atoms with Gasteiger partial charge in [0, 0.05) is 29.4 Å². The van der Waals surface area contributed by atoms with Crippen LogP contribution in [0.4, 0.5) is 14.9 Å². The third-order valence-corrected chi connectivity index (χ3v) is 7.48. The van der Waals surface area contributed by atoms with E-state index in [4.69, 9.17) is 18.9 Å². The number of esters is 1. The van der Waals surface area contributed by atoms with E-state index in [0.717, 1.165) is 6.07 Å². The summed E-state index contributed by atoms with van der Waals surface area (Å²) in [6, 6.07) is 19.4. The number of hydrogen-bond donors (Lipinski definition) is 2. The van der Waals surface area contributed by atoms with E-state index in [2.05, 4.69) is 15.6 Å². The normalized spacial score (nSPS) is 11.8. The molecular weight excluding hydrogens is 661 g/mol. The lowest BCUT2D eigenvalue weighted by molar-refractivity contribution is -0.147. The molecule has 5 rings (SSSR count). The highest BCUT2D eigenvalue weighted by atomic mass is 19.1. The highest BCUT2D eigenvalue weighted by Gasteiger charge is 2.26. The van der Waals surface area contributed by atoms with Crippen LogP contribution in [0.15, 0.2) is 83.8 Å². The second-order valence-electron chi connectivity index (χ2n) is 12.5. The fraction of sp³-hybridized carbons (Fsp3) is 0.270. The van der Waals surface area contributed by atoms with Gasteiger partial charge in [-0.15, -0.1) is 0 Å². The first-order valence-electron chi connectivity index (χ1n) is 16.0. The predicted octanol–water partition coefficient (Wildman–Crippen LogP) is 6.14. The number of benzene rings is 3. The van der Waals surface area contributed by atoms with E-state index in [0.29, 0.717) is 28.1 Å². The number of carbonyl (C=O) groups excluding carboxylic acids is 3. The topological polar surface area (TPSA) is 152 Å². The Morgan fingerprint density at radius 1 is 0.980 bits per heavy atom. The van der Waals surface area contributed by atoms with Gasteiger partial charge < -0.3 is 29.6 Å². The lowest BCUT2D eigenvalue weighted by Gasteiger charge is -2.20. The van der Waals surface area contributed by atoms with E-state index in [-0.39, 0.29) is 29.2 Å². The summed E-state index contributed by atoms with van der Waals surface area (Å²) in [5, 5.41) is 5.60. The number of para-hydroxylation sites is 1. The monoisotopic (exact) mass is 699 g/mol. The van der Waals surface area contributed by atoms with Crippen LogP contribution < -0.4 is 25.7 Å². The van der Waals surface area contributed by atoms with Gasteiger partial charge in [-0.3, -0.25) is 24.0 Å². The quantitative estimate of drug-likeness (QED) is 0.155. The molecule has 0 saturated carbocycles. The first-order chi connectivity index (χ1) is 24.2. The molecule has 2 amide bonds. The van der Waals surface area contributed by atoms with Crippen molar-refractivity contribution in [1.82, 2.24) is 19.7 Å². The lowest BCUT2D eigenvalue weighted by Crippen LogP contribution is -2.37. The maximum atomic E-state index is 15.3. The van der Waals surface area contributed by atoms with Crippen molar-refractivity contribution < 1.29 is 37.7 Å². The van der Waals surface area contributed by atoms with Crippen molar-refractivity contribution in [1.29, 1.82) is 0 Å². The number of rotatable bonds is 11. The van der Waals surface area contributed by atoms with Crippen molar-refractivity contribution in [3.8, 4) is 22.9 Å². The molecule has 0 aliphatic carbocycles. The molecule has 51 heavy (non-hydrogen) atoms. The van der Waals surface area contributed by atoms with E-state index < -0.39 is 47.6 Å². The average molecular weight is 700 g/mol. The van der Waals surface area contributed by atoms with Crippen LogP contribution in [0.5, 0.6) is 17.2 Å². The third kappa shape index (κ3) is 8.71. The van der Waals surface area contributed by atoms with Gasteiger partial charge in [0.05, 0.1) is 30.6 Å². The van der Waals surface area contributed by atoms with E-state index in [1.165, 1.54) is 27.7 Å². The third-order valence-electron chi connectivity index (χ3n) is 7.48. The number of carbonyl (C=O) groups is 3. The van der Waals surface area contributed by atoms with Crippen LogP contribution in [0.3, 0.4) is 0 Å². The molecule has 0 bridgehead atoms. The summed E-state index contributed by atoms with van der Waals surface area (Å²) >= 11 is 0. The molecule has 2 N–H and O–H groups in total. The number of hydrogen-bond acceptors (Lipinski definition) is 9. The number of aromatic nitrogens is 3. The van der Waals surface area contributed by atoms with Crippen LogP contribution in [-0.2, 0) is 20.8 Å². The molecule has 0 unspecified atom stereocenters. The molecule has 3 aromatic carbocycles. The number of fused-ring (bicyclic) bond motifs is 1. The average Bonchev–Trinajstić information content (AvgIpc) is 3.32. The maximum absolute atomic E-state index is 15.3. The van der Waals surface area contributed by atoms with E-state index in [1.807, 2.05) is 0 Å². The largest absolute Gasteiger partial charge is 0.497 e. The second kappa shape index (κ2) is 15.2. The smallest absolute Gasteiger partial charge is 0.408 e. The van der Waals surface area contributed by atoms with Crippen molar-refractivity contribution in [2.45, 2.75) is 52.9 Å². The number of amides is 2. The number of nitrogens with one attached hydrogen (secondary N) is 2. The van der Waals surface area contributed by atoms with Crippen molar-refractivity contribution in [2.75, 3.05) is 19.0 Å². The lowest BCUT2D eigenvalue weighted by atomic mass is 10.2. The molecule has 0 aliphatic rings. The minimum absolute atomic E-state index is 0.0153. The molecular formula is C37H38FN5O8. The Kier molecular flexibility index (Phi) is 10.7. The molecule has 0 fully saturated rings. The minimum atomic E-state index is -0.782. The summed E-state index contributed by atoms with van der Waals surface area (Å²) < 4.78 is 39.9. The van der Waals surface area contributed by atoms with Crippen LogP contribution in [0, 0.1) is 12.7 Å². The van der Waals surface area contributed by atoms with Crippen LogP contribution in [0.2, 0.25) is 0 Å². The zero-order valence-corrected chi connectivity index (χ0v) is 29.0. The number of ether oxygens (including phenoxy) is 4. The van der Waals surface area contributed by atoms with Crippen LogP contribution in [0.25, 0.3) is 16.6 Å². The number of halogens is 1. The van der Waals surface area contributed by atoms with Gasteiger partial charge >= 0.3 is 12.1 Å². The van der Waals surface area contributed by atoms with Crippen molar-refractivity contribution in [3.63, 3.8) is 0 Å². The number of methoxy groups -OCH3 is 1. The zero-order valence-electron chi connectivity index (χ0n) is 29.0. The number of pyridine rings is 1. The molecule has 1 atom stereocenters. The summed E-state index contributed by atoms with van der Waals surface area (Å²) in [6.45, 7) is 7.84. The van der Waals surface area contributed by atoms with E-state index >= 15 is 4.39 Å². The molecule has 0 saturated heterocycles. The Balaban J connectivity index is 1.34. The Hall–Kier alpha value is -6.18. The van der Waals surface area contributed by atoms with Gasteiger partial charge in [0.15, 0.2) is 11.6 Å². The number of nitrogens with zero attached hydrogens (tertiary/aromatic N) is 3. The Morgan fingerprint density at radius 2 is 1.73 bits per heavy atom. The second-order valence-corrected chi connectivity index (χ2v) is 12.5. The molecule has 0 spiro atoms. The Morgan fingerprint density at radius 3 is 2.41 bits per heavy atom. The summed E-state index contributed by atoms with van der Waals surface area (Å²) in [6.07, 6.45) is -0.0159. The van der Waals surface area contributed by atoms with Crippen molar-refractivity contribution in [2.24, 2.45) is 0 Å². The number of anilines is 1. The first kappa shape index (κ1) is 36.1. The minimum Gasteiger partial charge on any atom is -0.497 e. The van der Waals surface area contributed by atoms with Gasteiger partial charge in [-0.2, -0.15) is 0 Å². The molecule has 0 radical (unpaired) electrons. The fourth-order valence-corrected chi connectivity index (χ4v) is 5.25. The highest BCUT2D eigenvalue weighted by Crippen LogP contribution is 2.33. The zero-order chi connectivity index (χ0) is 36.9. The van der Waals surface area contributed by atoms with Crippen molar-refractivity contribution >= 4 is 34.6 Å². The summed E-state index contributed by atoms with van der Waals surface area (Å²) in [5.41, 5.74) is -0.140. The molecule has 13 nitrogen and oxygen atoms in total. The summed E-state index contributed by atoms with van der Waals surface area (Å²) in [7, 11) is 1.55. The van der Waals surface area contributed by atoms with Crippen molar-refractivity contribution in [3.05, 3.63) is 106 Å². The Bertz CT molecular complexity index is 2140. The fourth-order valence-electron chi connectivity index (χ4n) is 5.25. The molecule has 5 aromatic rings. The van der Waals surface area contributed by atoms with Gasteiger partial charge in [-0.05, 0) is 77.1 Å². The van der Waals surface area contributed by atoms with Crippen LogP contribution >= 0.6 is 0 Å². The summed E-state index contributed by atoms with van der Waals surface area (Å²) in [4.78, 5) is 56.2. The highest BCUT2D eigenvalue weighted by molar-refractivity contribution is 6.05. The molecule has 0 aliphatic heterocycles. The Labute approximate surface area is 292 Å². The SMILES string of the molecule is COc1ccc2c(Oc3ccc(NC(=O)c4c(C)n(C[C@H](C)OC(=O)CNC(=O)OC(C)(C)C)n(-c5ccccc5)c4=O)cc3F)ccnc2c1. The number of alkyl carbamates (subject to hydrolysis) is 1. The van der Waals surface area contributed by atoms with E-state index in [9.17, 15) is 19.2 Å². The molecule has 14 heteroatoms. The van der Waals surface area contributed by atoms with Gasteiger partial charge in [-0.25, -0.2) is 13.9 Å². The van der Waals surface area contributed by atoms with Gasteiger partial charge in [0.1, 0.15) is 35.3 Å². The molecule has 266 valence electrons. The van der Waals surface area contributed by atoms with Crippen LogP contribution in [-0.4, -0.2) is 57.7 Å². The first-order valence-corrected chi connectivity index (χ1v) is 16.0. The predicted molar refractivity (Wildman–Crippen MR) is 187 cm³/mol. The molecule has 2 aromatic heterocycles. The van der Waals surface area contributed by atoms with Crippen LogP contribution in [0.1, 0.15) is 43.7 Å².